The molecule has 1 aliphatic rings. The Morgan fingerprint density at radius 1 is 1.00 bits per heavy atom. The first-order chi connectivity index (χ1) is 13.7. The average Bonchev–Trinajstić information content (AvgIpc) is 2.72. The zero-order valence-corrected chi connectivity index (χ0v) is 17.7. The predicted molar refractivity (Wildman–Crippen MR) is 115 cm³/mol. The van der Waals surface area contributed by atoms with Crippen LogP contribution in [0.5, 0.6) is 0 Å². The number of rotatable bonds is 8. The second-order valence-corrected chi connectivity index (χ2v) is 7.96. The smallest absolute Gasteiger partial charge is 0.315 e. The number of ether oxygens (including phenoxy) is 1. The summed E-state index contributed by atoms with van der Waals surface area (Å²) in [6, 6.07) is 16.6. The number of morpholine rings is 1. The molecule has 0 aliphatic carbocycles. The first-order valence-electron chi connectivity index (χ1n) is 9.83. The number of carbonyl (C=O) groups is 1. The van der Waals surface area contributed by atoms with Crippen molar-refractivity contribution < 1.29 is 9.53 Å². The molecule has 1 heterocycles. The fourth-order valence-electron chi connectivity index (χ4n) is 3.21. The molecule has 2 amide bonds. The minimum Gasteiger partial charge on any atom is -0.379 e. The summed E-state index contributed by atoms with van der Waals surface area (Å²) in [5, 5.41) is 5.85. The highest BCUT2D eigenvalue weighted by molar-refractivity contribution is 9.10. The van der Waals surface area contributed by atoms with Crippen LogP contribution in [0.1, 0.15) is 23.1 Å². The van der Waals surface area contributed by atoms with Crippen LogP contribution in [-0.4, -0.2) is 43.8 Å². The number of urea groups is 1. The summed E-state index contributed by atoms with van der Waals surface area (Å²) < 4.78 is 6.47. The van der Waals surface area contributed by atoms with Gasteiger partial charge >= 0.3 is 6.03 Å². The van der Waals surface area contributed by atoms with Crippen LogP contribution in [0, 0.1) is 0 Å². The standard InChI is InChI=1S/C22H28BrN3O2/c23-21-5-1-3-18(15-21)4-2-10-24-22(27)25-16-19-6-8-20(9-7-19)17-26-11-13-28-14-12-26/h1,3,5-9,15H,2,4,10-14,16-17H2,(H2,24,25,27). The molecule has 0 aromatic heterocycles. The fourth-order valence-corrected chi connectivity index (χ4v) is 3.66. The van der Waals surface area contributed by atoms with Gasteiger partial charge in [0.15, 0.2) is 0 Å². The van der Waals surface area contributed by atoms with Gasteiger partial charge in [-0.2, -0.15) is 0 Å². The van der Waals surface area contributed by atoms with E-state index in [1.807, 2.05) is 12.1 Å². The van der Waals surface area contributed by atoms with Crippen LogP contribution in [0.15, 0.2) is 53.0 Å². The van der Waals surface area contributed by atoms with E-state index in [1.165, 1.54) is 11.1 Å². The Balaban J connectivity index is 1.31. The molecule has 0 spiro atoms. The molecule has 2 aromatic carbocycles. The zero-order chi connectivity index (χ0) is 19.6. The minimum atomic E-state index is -0.119. The maximum absolute atomic E-state index is 12.0. The number of benzene rings is 2. The van der Waals surface area contributed by atoms with E-state index >= 15 is 0 Å². The number of hydrogen-bond acceptors (Lipinski definition) is 3. The van der Waals surface area contributed by atoms with Crippen molar-refractivity contribution in [1.82, 2.24) is 15.5 Å². The molecule has 0 unspecified atom stereocenters. The molecule has 6 heteroatoms. The first kappa shape index (κ1) is 20.8. The number of halogens is 1. The number of hydrogen-bond donors (Lipinski definition) is 2. The van der Waals surface area contributed by atoms with Gasteiger partial charge in [0, 0.05) is 37.2 Å². The van der Waals surface area contributed by atoms with Crippen molar-refractivity contribution in [3.63, 3.8) is 0 Å². The number of aryl methyl sites for hydroxylation is 1. The third kappa shape index (κ3) is 7.26. The number of amides is 2. The summed E-state index contributed by atoms with van der Waals surface area (Å²) in [5.74, 6) is 0. The van der Waals surface area contributed by atoms with Gasteiger partial charge in [0.2, 0.25) is 0 Å². The largest absolute Gasteiger partial charge is 0.379 e. The van der Waals surface area contributed by atoms with Crippen molar-refractivity contribution in [3.05, 3.63) is 69.7 Å². The van der Waals surface area contributed by atoms with Crippen molar-refractivity contribution in [3.8, 4) is 0 Å². The van der Waals surface area contributed by atoms with Gasteiger partial charge < -0.3 is 15.4 Å². The molecule has 0 atom stereocenters. The van der Waals surface area contributed by atoms with E-state index in [1.54, 1.807) is 0 Å². The monoisotopic (exact) mass is 445 g/mol. The fraction of sp³-hybridized carbons (Fsp3) is 0.409. The van der Waals surface area contributed by atoms with Crippen molar-refractivity contribution in [1.29, 1.82) is 0 Å². The lowest BCUT2D eigenvalue weighted by Gasteiger charge is -2.26. The number of carbonyl (C=O) groups excluding carboxylic acids is 1. The molecule has 2 aromatic rings. The zero-order valence-electron chi connectivity index (χ0n) is 16.1. The Kier molecular flexibility index (Phi) is 8.33. The van der Waals surface area contributed by atoms with Crippen molar-refractivity contribution in [2.24, 2.45) is 0 Å². The van der Waals surface area contributed by atoms with Crippen LogP contribution in [0.25, 0.3) is 0 Å². The van der Waals surface area contributed by atoms with E-state index in [4.69, 9.17) is 4.74 Å². The molecule has 1 fully saturated rings. The molecular weight excluding hydrogens is 418 g/mol. The highest BCUT2D eigenvalue weighted by atomic mass is 79.9. The highest BCUT2D eigenvalue weighted by Crippen LogP contribution is 2.13. The third-order valence-corrected chi connectivity index (χ3v) is 5.30. The van der Waals surface area contributed by atoms with Crippen LogP contribution in [0.2, 0.25) is 0 Å². The van der Waals surface area contributed by atoms with E-state index < -0.39 is 0 Å². The molecule has 5 nitrogen and oxygen atoms in total. The summed E-state index contributed by atoms with van der Waals surface area (Å²) in [6.45, 7) is 5.78. The van der Waals surface area contributed by atoms with Crippen molar-refractivity contribution in [2.75, 3.05) is 32.8 Å². The summed E-state index contributed by atoms with van der Waals surface area (Å²) >= 11 is 3.48. The van der Waals surface area contributed by atoms with Gasteiger partial charge in [0.05, 0.1) is 13.2 Å². The quantitative estimate of drug-likeness (QED) is 0.608. The predicted octanol–water partition coefficient (Wildman–Crippen LogP) is 3.71. The van der Waals surface area contributed by atoms with Gasteiger partial charge in [-0.05, 0) is 41.7 Å². The lowest BCUT2D eigenvalue weighted by Crippen LogP contribution is -2.36. The van der Waals surface area contributed by atoms with Crippen molar-refractivity contribution in [2.45, 2.75) is 25.9 Å². The van der Waals surface area contributed by atoms with Crippen LogP contribution in [0.4, 0.5) is 4.79 Å². The molecule has 0 radical (unpaired) electrons. The van der Waals surface area contributed by atoms with Gasteiger partial charge in [0.25, 0.3) is 0 Å². The average molecular weight is 446 g/mol. The summed E-state index contributed by atoms with van der Waals surface area (Å²) in [7, 11) is 0. The van der Waals surface area contributed by atoms with Crippen LogP contribution in [0.3, 0.4) is 0 Å². The molecule has 0 saturated carbocycles. The van der Waals surface area contributed by atoms with E-state index in [0.29, 0.717) is 13.1 Å². The first-order valence-corrected chi connectivity index (χ1v) is 10.6. The molecule has 1 aliphatic heterocycles. The molecule has 3 rings (SSSR count). The Bertz CT molecular complexity index is 746. The molecule has 2 N–H and O–H groups in total. The highest BCUT2D eigenvalue weighted by Gasteiger charge is 2.10. The minimum absolute atomic E-state index is 0.119. The SMILES string of the molecule is O=C(NCCCc1cccc(Br)c1)NCc1ccc(CN2CCOCC2)cc1. The van der Waals surface area contributed by atoms with E-state index in [0.717, 1.165) is 55.7 Å². The molecular formula is C22H28BrN3O2. The maximum atomic E-state index is 12.0. The van der Waals surface area contributed by atoms with Gasteiger partial charge in [0.1, 0.15) is 0 Å². The van der Waals surface area contributed by atoms with Gasteiger partial charge in [-0.1, -0.05) is 52.3 Å². The van der Waals surface area contributed by atoms with Gasteiger partial charge in [-0.15, -0.1) is 0 Å². The Hall–Kier alpha value is -1.89. The van der Waals surface area contributed by atoms with Crippen LogP contribution < -0.4 is 10.6 Å². The van der Waals surface area contributed by atoms with Crippen LogP contribution >= 0.6 is 15.9 Å². The maximum Gasteiger partial charge on any atom is 0.315 e. The van der Waals surface area contributed by atoms with Gasteiger partial charge in [-0.3, -0.25) is 4.90 Å². The lowest BCUT2D eigenvalue weighted by molar-refractivity contribution is 0.0342. The van der Waals surface area contributed by atoms with E-state index in [-0.39, 0.29) is 6.03 Å². The Labute approximate surface area is 175 Å². The Morgan fingerprint density at radius 3 is 2.50 bits per heavy atom. The summed E-state index contributed by atoms with van der Waals surface area (Å²) in [5.41, 5.74) is 3.67. The second kappa shape index (κ2) is 11.2. The topological polar surface area (TPSA) is 53.6 Å². The molecule has 150 valence electrons. The summed E-state index contributed by atoms with van der Waals surface area (Å²) in [4.78, 5) is 14.4. The second-order valence-electron chi connectivity index (χ2n) is 7.05. The normalized spacial score (nSPS) is 14.6. The Morgan fingerprint density at radius 2 is 1.75 bits per heavy atom. The molecule has 1 saturated heterocycles. The third-order valence-electron chi connectivity index (χ3n) is 4.80. The summed E-state index contributed by atoms with van der Waals surface area (Å²) in [6.07, 6.45) is 1.87. The van der Waals surface area contributed by atoms with Crippen molar-refractivity contribution >= 4 is 22.0 Å². The van der Waals surface area contributed by atoms with Gasteiger partial charge in [-0.25, -0.2) is 4.79 Å². The van der Waals surface area contributed by atoms with Crippen LogP contribution in [-0.2, 0) is 24.2 Å². The van der Waals surface area contributed by atoms with E-state index in [9.17, 15) is 4.79 Å². The lowest BCUT2D eigenvalue weighted by atomic mass is 10.1. The number of nitrogens with one attached hydrogen (secondary N) is 2. The molecule has 28 heavy (non-hydrogen) atoms. The molecule has 0 bridgehead atoms. The van der Waals surface area contributed by atoms with E-state index in [2.05, 4.69) is 67.9 Å². The number of nitrogens with zero attached hydrogens (tertiary/aromatic N) is 1.